The van der Waals surface area contributed by atoms with Crippen LogP contribution in [0.3, 0.4) is 0 Å². The SMILES string of the molecule is COc1ccc(/C(C)=N\NC(=O)c2cc(Cl)ccc2O)cc1CN1CCCC1. The molecule has 0 bridgehead atoms. The van der Waals surface area contributed by atoms with Gasteiger partial charge in [0.05, 0.1) is 18.4 Å². The quantitative estimate of drug-likeness (QED) is 0.570. The van der Waals surface area contributed by atoms with Gasteiger partial charge in [0.2, 0.25) is 0 Å². The fourth-order valence-electron chi connectivity index (χ4n) is 3.26. The highest BCUT2D eigenvalue weighted by atomic mass is 35.5. The highest BCUT2D eigenvalue weighted by molar-refractivity contribution is 6.31. The molecule has 2 N–H and O–H groups in total. The predicted octanol–water partition coefficient (Wildman–Crippen LogP) is 3.80. The average Bonchev–Trinajstić information content (AvgIpc) is 3.20. The number of hydrazone groups is 1. The van der Waals surface area contributed by atoms with Crippen LogP contribution in [0.25, 0.3) is 0 Å². The third-order valence-corrected chi connectivity index (χ3v) is 5.05. The maximum Gasteiger partial charge on any atom is 0.275 e. The molecular formula is C21H24ClN3O3. The van der Waals surface area contributed by atoms with Crippen LogP contribution in [-0.4, -0.2) is 41.8 Å². The van der Waals surface area contributed by atoms with Crippen molar-refractivity contribution in [1.82, 2.24) is 10.3 Å². The highest BCUT2D eigenvalue weighted by Crippen LogP contribution is 2.24. The minimum atomic E-state index is -0.523. The molecule has 148 valence electrons. The number of methoxy groups -OCH3 is 1. The minimum Gasteiger partial charge on any atom is -0.507 e. The van der Waals surface area contributed by atoms with Crippen LogP contribution in [0.2, 0.25) is 5.02 Å². The van der Waals surface area contributed by atoms with E-state index in [9.17, 15) is 9.90 Å². The van der Waals surface area contributed by atoms with E-state index in [1.54, 1.807) is 7.11 Å². The van der Waals surface area contributed by atoms with Crippen molar-refractivity contribution < 1.29 is 14.6 Å². The molecule has 28 heavy (non-hydrogen) atoms. The molecule has 0 unspecified atom stereocenters. The van der Waals surface area contributed by atoms with Gasteiger partial charge in [-0.1, -0.05) is 11.6 Å². The summed E-state index contributed by atoms with van der Waals surface area (Å²) >= 11 is 5.89. The number of ether oxygens (including phenoxy) is 1. The predicted molar refractivity (Wildman–Crippen MR) is 110 cm³/mol. The Morgan fingerprint density at radius 2 is 2.00 bits per heavy atom. The lowest BCUT2D eigenvalue weighted by Crippen LogP contribution is -2.20. The van der Waals surface area contributed by atoms with E-state index in [1.165, 1.54) is 31.0 Å². The molecule has 1 aliphatic rings. The van der Waals surface area contributed by atoms with Gasteiger partial charge in [-0.25, -0.2) is 5.43 Å². The Bertz CT molecular complexity index is 892. The van der Waals surface area contributed by atoms with E-state index in [0.717, 1.165) is 36.5 Å². The summed E-state index contributed by atoms with van der Waals surface area (Å²) in [6, 6.07) is 10.2. The lowest BCUT2D eigenvalue weighted by Gasteiger charge is -2.17. The van der Waals surface area contributed by atoms with E-state index in [0.29, 0.717) is 10.7 Å². The summed E-state index contributed by atoms with van der Waals surface area (Å²) < 4.78 is 5.49. The second-order valence-electron chi connectivity index (χ2n) is 6.81. The molecule has 0 aromatic heterocycles. The molecule has 3 rings (SSSR count). The van der Waals surface area contributed by atoms with Crippen molar-refractivity contribution in [3.63, 3.8) is 0 Å². The van der Waals surface area contributed by atoms with Crippen LogP contribution < -0.4 is 10.2 Å². The largest absolute Gasteiger partial charge is 0.507 e. The number of hydrogen-bond acceptors (Lipinski definition) is 5. The monoisotopic (exact) mass is 401 g/mol. The third-order valence-electron chi connectivity index (χ3n) is 4.82. The van der Waals surface area contributed by atoms with E-state index in [-0.39, 0.29) is 11.3 Å². The molecule has 0 aliphatic carbocycles. The van der Waals surface area contributed by atoms with E-state index in [1.807, 2.05) is 25.1 Å². The topological polar surface area (TPSA) is 74.2 Å². The molecule has 1 saturated heterocycles. The zero-order valence-corrected chi connectivity index (χ0v) is 16.8. The summed E-state index contributed by atoms with van der Waals surface area (Å²) in [5, 5.41) is 14.4. The van der Waals surface area contributed by atoms with E-state index in [4.69, 9.17) is 16.3 Å². The van der Waals surface area contributed by atoms with Gasteiger partial charge in [0.15, 0.2) is 0 Å². The van der Waals surface area contributed by atoms with E-state index in [2.05, 4.69) is 15.4 Å². The second-order valence-corrected chi connectivity index (χ2v) is 7.25. The molecule has 0 atom stereocenters. The Balaban J connectivity index is 1.76. The number of carbonyl (C=O) groups excluding carboxylic acids is 1. The number of amides is 1. The molecule has 0 spiro atoms. The summed E-state index contributed by atoms with van der Waals surface area (Å²) in [6.07, 6.45) is 2.45. The van der Waals surface area contributed by atoms with Crippen LogP contribution in [0.1, 0.15) is 41.3 Å². The van der Waals surface area contributed by atoms with E-state index >= 15 is 0 Å². The fraction of sp³-hybridized carbons (Fsp3) is 0.333. The first kappa shape index (κ1) is 20.2. The number of nitrogens with zero attached hydrogens (tertiary/aromatic N) is 2. The first-order chi connectivity index (χ1) is 13.5. The first-order valence-electron chi connectivity index (χ1n) is 9.20. The van der Waals surface area contributed by atoms with Gasteiger partial charge < -0.3 is 9.84 Å². The van der Waals surface area contributed by atoms with E-state index < -0.39 is 5.91 Å². The smallest absolute Gasteiger partial charge is 0.275 e. The maximum atomic E-state index is 12.3. The van der Waals surface area contributed by atoms with Crippen LogP contribution in [0, 0.1) is 0 Å². The molecule has 0 saturated carbocycles. The van der Waals surface area contributed by atoms with Gasteiger partial charge in [0, 0.05) is 17.1 Å². The van der Waals surface area contributed by atoms with Crippen molar-refractivity contribution in [2.24, 2.45) is 5.10 Å². The molecule has 2 aromatic rings. The van der Waals surface area contributed by atoms with Crippen molar-refractivity contribution in [2.45, 2.75) is 26.3 Å². The molecule has 1 amide bonds. The molecule has 1 aliphatic heterocycles. The van der Waals surface area contributed by atoms with Crippen molar-refractivity contribution in [2.75, 3.05) is 20.2 Å². The molecule has 7 heteroatoms. The number of aromatic hydroxyl groups is 1. The van der Waals surface area contributed by atoms with Gasteiger partial charge in [0.25, 0.3) is 5.91 Å². The number of halogens is 1. The Morgan fingerprint density at radius 1 is 1.25 bits per heavy atom. The molecule has 0 radical (unpaired) electrons. The van der Waals surface area contributed by atoms with Crippen LogP contribution in [0.15, 0.2) is 41.5 Å². The lowest BCUT2D eigenvalue weighted by molar-refractivity contribution is 0.0952. The number of nitrogens with one attached hydrogen (secondary N) is 1. The van der Waals surface area contributed by atoms with Crippen molar-refractivity contribution in [1.29, 1.82) is 0 Å². The van der Waals surface area contributed by atoms with Crippen LogP contribution in [0.4, 0.5) is 0 Å². The van der Waals surface area contributed by atoms with Crippen molar-refractivity contribution in [3.05, 3.63) is 58.1 Å². The van der Waals surface area contributed by atoms with Crippen LogP contribution >= 0.6 is 11.6 Å². The summed E-state index contributed by atoms with van der Waals surface area (Å²) in [6.45, 7) is 4.84. The summed E-state index contributed by atoms with van der Waals surface area (Å²) in [5.74, 6) is 0.175. The van der Waals surface area contributed by atoms with Gasteiger partial charge in [0.1, 0.15) is 11.5 Å². The number of benzene rings is 2. The maximum absolute atomic E-state index is 12.3. The van der Waals surface area contributed by atoms with Gasteiger partial charge in [-0.05, 0) is 74.8 Å². The zero-order valence-electron chi connectivity index (χ0n) is 16.0. The first-order valence-corrected chi connectivity index (χ1v) is 9.58. The van der Waals surface area contributed by atoms with Crippen molar-refractivity contribution in [3.8, 4) is 11.5 Å². The summed E-state index contributed by atoms with van der Waals surface area (Å²) in [4.78, 5) is 14.7. The molecule has 1 heterocycles. The minimum absolute atomic E-state index is 0.0773. The van der Waals surface area contributed by atoms with Crippen molar-refractivity contribution >= 4 is 23.2 Å². The number of hydrogen-bond donors (Lipinski definition) is 2. The molecule has 1 fully saturated rings. The highest BCUT2D eigenvalue weighted by Gasteiger charge is 2.16. The van der Waals surface area contributed by atoms with Gasteiger partial charge in [-0.2, -0.15) is 5.10 Å². The van der Waals surface area contributed by atoms with Gasteiger partial charge in [-0.15, -0.1) is 0 Å². The van der Waals surface area contributed by atoms with Gasteiger partial charge >= 0.3 is 0 Å². The number of phenols is 1. The third kappa shape index (κ3) is 4.82. The van der Waals surface area contributed by atoms with Crippen LogP contribution in [0.5, 0.6) is 11.5 Å². The summed E-state index contributed by atoms with van der Waals surface area (Å²) in [7, 11) is 1.67. The summed E-state index contributed by atoms with van der Waals surface area (Å²) in [5.41, 5.74) is 5.19. The normalized spacial score (nSPS) is 14.9. The fourth-order valence-corrected chi connectivity index (χ4v) is 3.43. The zero-order chi connectivity index (χ0) is 20.1. The Hall–Kier alpha value is -2.57. The van der Waals surface area contributed by atoms with Crippen LogP contribution in [-0.2, 0) is 6.54 Å². The molecule has 6 nitrogen and oxygen atoms in total. The molecular weight excluding hydrogens is 378 g/mol. The Kier molecular flexibility index (Phi) is 6.54. The number of phenolic OH excluding ortho intramolecular Hbond substituents is 1. The van der Waals surface area contributed by atoms with Gasteiger partial charge in [-0.3, -0.25) is 9.69 Å². The number of carbonyl (C=O) groups is 1. The lowest BCUT2D eigenvalue weighted by atomic mass is 10.1. The Labute approximate surface area is 169 Å². The number of rotatable bonds is 6. The second kappa shape index (κ2) is 9.08. The molecule has 2 aromatic carbocycles. The average molecular weight is 402 g/mol. The Morgan fingerprint density at radius 3 is 2.71 bits per heavy atom. The standard InChI is InChI=1S/C21H24ClN3O3/c1-14(23-24-21(27)18-12-17(22)6-7-19(18)26)15-5-8-20(28-2)16(11-15)13-25-9-3-4-10-25/h5-8,11-12,26H,3-4,9-10,13H2,1-2H3,(H,24,27)/b23-14-. The number of likely N-dealkylation sites (tertiary alicyclic amines) is 1.